The summed E-state index contributed by atoms with van der Waals surface area (Å²) in [7, 11) is 3.46. The van der Waals surface area contributed by atoms with Gasteiger partial charge in [-0.05, 0) is 36.5 Å². The van der Waals surface area contributed by atoms with Gasteiger partial charge >= 0.3 is 0 Å². The van der Waals surface area contributed by atoms with Crippen LogP contribution in [0.2, 0.25) is 0 Å². The van der Waals surface area contributed by atoms with Crippen molar-refractivity contribution in [2.45, 2.75) is 77.0 Å². The van der Waals surface area contributed by atoms with Crippen molar-refractivity contribution >= 4 is 46.6 Å². The lowest BCUT2D eigenvalue weighted by molar-refractivity contribution is -0.116. The summed E-state index contributed by atoms with van der Waals surface area (Å²) in [5.41, 5.74) is 3.06. The van der Waals surface area contributed by atoms with Crippen LogP contribution in [0, 0.1) is 0 Å². The number of allylic oxidation sites excluding steroid dienone is 2. The molecule has 42 heavy (non-hydrogen) atoms. The highest BCUT2D eigenvalue weighted by atomic mass is 32.2. The fraction of sp³-hybridized carbons (Fsp3) is 0.412. The predicted octanol–water partition coefficient (Wildman–Crippen LogP) is 8.67. The lowest BCUT2D eigenvalue weighted by Gasteiger charge is -2.15. The molecular weight excluding hydrogens is 565 g/mol. The molecule has 0 fully saturated rings. The van der Waals surface area contributed by atoms with Crippen LogP contribution in [-0.4, -0.2) is 46.9 Å². The van der Waals surface area contributed by atoms with Crippen LogP contribution in [0.3, 0.4) is 0 Å². The molecule has 6 nitrogen and oxygen atoms in total. The van der Waals surface area contributed by atoms with E-state index in [4.69, 9.17) is 0 Å². The summed E-state index contributed by atoms with van der Waals surface area (Å²) in [5.74, 6) is 0. The number of carbonyl (C=O) groups is 4. The minimum Gasteiger partial charge on any atom is -0.321 e. The van der Waals surface area contributed by atoms with Gasteiger partial charge in [-0.2, -0.15) is 0 Å². The van der Waals surface area contributed by atoms with Crippen LogP contribution < -0.4 is 0 Å². The van der Waals surface area contributed by atoms with Gasteiger partial charge in [0, 0.05) is 36.6 Å². The van der Waals surface area contributed by atoms with Gasteiger partial charge < -0.3 is 9.80 Å². The molecule has 8 heteroatoms. The maximum atomic E-state index is 12.4. The molecule has 2 rings (SSSR count). The molecule has 0 saturated heterocycles. The summed E-state index contributed by atoms with van der Waals surface area (Å²) in [4.78, 5) is 50.5. The van der Waals surface area contributed by atoms with Crippen molar-refractivity contribution in [1.82, 2.24) is 9.80 Å². The molecule has 0 heterocycles. The van der Waals surface area contributed by atoms with Gasteiger partial charge in [0.2, 0.25) is 23.1 Å². The quantitative estimate of drug-likeness (QED) is 0.104. The van der Waals surface area contributed by atoms with Crippen LogP contribution in [0.1, 0.15) is 97.8 Å². The predicted molar refractivity (Wildman–Crippen MR) is 176 cm³/mol. The molecule has 0 spiro atoms. The molecule has 0 saturated carbocycles. The lowest BCUT2D eigenvalue weighted by atomic mass is 10.0. The fourth-order valence-corrected chi connectivity index (χ4v) is 5.93. The molecule has 2 aromatic carbocycles. The number of carbonyl (C=O) groups excluding carboxylic acids is 4. The highest BCUT2D eigenvalue weighted by Gasteiger charge is 2.09. The van der Waals surface area contributed by atoms with E-state index >= 15 is 0 Å². The molecule has 0 N–H and O–H groups in total. The summed E-state index contributed by atoms with van der Waals surface area (Å²) in [6.45, 7) is 0. The first-order valence-corrected chi connectivity index (χ1v) is 16.5. The van der Waals surface area contributed by atoms with Crippen molar-refractivity contribution in [2.24, 2.45) is 0 Å². The van der Waals surface area contributed by atoms with Gasteiger partial charge in [-0.15, -0.1) is 0 Å². The second kappa shape index (κ2) is 21.6. The zero-order chi connectivity index (χ0) is 30.4. The van der Waals surface area contributed by atoms with Crippen molar-refractivity contribution in [2.75, 3.05) is 14.1 Å². The Labute approximate surface area is 260 Å². The van der Waals surface area contributed by atoms with Crippen molar-refractivity contribution in [3.63, 3.8) is 0 Å². The van der Waals surface area contributed by atoms with E-state index in [0.29, 0.717) is 11.1 Å². The van der Waals surface area contributed by atoms with E-state index in [0.717, 1.165) is 86.3 Å². The first kappa shape index (κ1) is 35.1. The van der Waals surface area contributed by atoms with E-state index in [2.05, 4.69) is 0 Å². The molecule has 2 aromatic rings. The van der Waals surface area contributed by atoms with E-state index in [1.807, 2.05) is 47.2 Å². The summed E-state index contributed by atoms with van der Waals surface area (Å²) in [6.07, 6.45) is 14.5. The average molecular weight is 609 g/mol. The minimum atomic E-state index is -0.0214. The number of rotatable bonds is 21. The fourth-order valence-electron chi connectivity index (χ4n) is 4.33. The Hall–Kier alpha value is -3.10. The number of nitrogens with zero attached hydrogens (tertiary/aromatic N) is 2. The molecule has 0 radical (unpaired) electrons. The summed E-state index contributed by atoms with van der Waals surface area (Å²) in [6, 6.07) is 18.3. The monoisotopic (exact) mass is 608 g/mol. The molecule has 0 aromatic heterocycles. The van der Waals surface area contributed by atoms with Crippen molar-refractivity contribution in [3.8, 4) is 0 Å². The van der Waals surface area contributed by atoms with Gasteiger partial charge in [-0.25, -0.2) is 0 Å². The number of benzene rings is 2. The van der Waals surface area contributed by atoms with Crippen LogP contribution in [0.4, 0.5) is 0 Å². The van der Waals surface area contributed by atoms with Gasteiger partial charge in [0.1, 0.15) is 0 Å². The topological polar surface area (TPSA) is 74.8 Å². The molecule has 0 bridgehead atoms. The molecule has 0 unspecified atom stereocenters. The molecular formula is C34H44N2O4S2. The summed E-state index contributed by atoms with van der Waals surface area (Å²) >= 11 is 2.27. The second-order valence-electron chi connectivity index (χ2n) is 10.2. The number of hydrogen-bond acceptors (Lipinski definition) is 6. The molecule has 2 amide bonds. The zero-order valence-corrected chi connectivity index (χ0v) is 26.5. The maximum absolute atomic E-state index is 12.4. The first-order valence-electron chi connectivity index (χ1n) is 14.7. The SMILES string of the molecule is CN(C=O)/C(=C\SC(=O)c1ccccc1)CCCCCCCCCCCC/C(=C/SC(=O)c1ccccc1)N(C)C=O. The van der Waals surface area contributed by atoms with Crippen molar-refractivity contribution in [1.29, 1.82) is 0 Å². The number of unbranched alkanes of at least 4 members (excludes halogenated alkanes) is 9. The Balaban J connectivity index is 1.56. The largest absolute Gasteiger partial charge is 0.321 e. The minimum absolute atomic E-state index is 0.0214. The standard InChI is InChI=1S/C34H44N2O4S2/c1-35(27-37)31(25-41-33(39)29-19-13-11-14-20-29)23-17-9-7-5-3-4-6-8-10-18-24-32(36(2)28-38)26-42-34(40)30-21-15-12-16-22-30/h11-16,19-22,25-28H,3-10,17-18,23-24H2,1-2H3/b31-25-,32-26-. The number of amides is 2. The summed E-state index contributed by atoms with van der Waals surface area (Å²) in [5, 5.41) is 3.57. The normalized spacial score (nSPS) is 11.7. The average Bonchev–Trinajstić information content (AvgIpc) is 3.03. The number of thioether (sulfide) groups is 2. The second-order valence-corrected chi connectivity index (χ2v) is 11.9. The van der Waals surface area contributed by atoms with Crippen LogP contribution in [0.15, 0.2) is 82.9 Å². The first-order chi connectivity index (χ1) is 20.5. The van der Waals surface area contributed by atoms with Gasteiger partial charge in [0.25, 0.3) is 0 Å². The Kier molecular flexibility index (Phi) is 18.0. The van der Waals surface area contributed by atoms with Gasteiger partial charge in [0.15, 0.2) is 0 Å². The molecule has 0 aliphatic rings. The van der Waals surface area contributed by atoms with Gasteiger partial charge in [-0.1, -0.05) is 136 Å². The van der Waals surface area contributed by atoms with E-state index in [9.17, 15) is 19.2 Å². The van der Waals surface area contributed by atoms with Gasteiger partial charge in [-0.3, -0.25) is 19.2 Å². The number of hydrogen-bond donors (Lipinski definition) is 0. The highest BCUT2D eigenvalue weighted by molar-refractivity contribution is 8.16. The van der Waals surface area contributed by atoms with E-state index in [1.54, 1.807) is 48.2 Å². The maximum Gasteiger partial charge on any atom is 0.223 e. The smallest absolute Gasteiger partial charge is 0.223 e. The van der Waals surface area contributed by atoms with Crippen LogP contribution >= 0.6 is 23.5 Å². The van der Waals surface area contributed by atoms with Crippen LogP contribution in [-0.2, 0) is 9.59 Å². The molecule has 226 valence electrons. The van der Waals surface area contributed by atoms with E-state index in [1.165, 1.54) is 38.5 Å². The zero-order valence-electron chi connectivity index (χ0n) is 24.9. The third-order valence-corrected chi connectivity index (χ3v) is 8.64. The van der Waals surface area contributed by atoms with Crippen molar-refractivity contribution in [3.05, 3.63) is 94.0 Å². The molecule has 0 aliphatic carbocycles. The lowest BCUT2D eigenvalue weighted by Crippen LogP contribution is -2.15. The van der Waals surface area contributed by atoms with E-state index < -0.39 is 0 Å². The Morgan fingerprint density at radius 2 is 0.857 bits per heavy atom. The Morgan fingerprint density at radius 1 is 0.548 bits per heavy atom. The van der Waals surface area contributed by atoms with Crippen molar-refractivity contribution < 1.29 is 19.2 Å². The molecule has 0 atom stereocenters. The van der Waals surface area contributed by atoms with Crippen LogP contribution in [0.5, 0.6) is 0 Å². The Bertz CT molecular complexity index is 1060. The molecule has 0 aliphatic heterocycles. The summed E-state index contributed by atoms with van der Waals surface area (Å²) < 4.78 is 0. The highest BCUT2D eigenvalue weighted by Crippen LogP contribution is 2.22. The van der Waals surface area contributed by atoms with Crippen LogP contribution in [0.25, 0.3) is 0 Å². The Morgan fingerprint density at radius 3 is 1.17 bits per heavy atom. The van der Waals surface area contributed by atoms with E-state index in [-0.39, 0.29) is 10.2 Å². The third kappa shape index (κ3) is 14.2. The third-order valence-electron chi connectivity index (χ3n) is 6.96. The van der Waals surface area contributed by atoms with Gasteiger partial charge in [0.05, 0.1) is 0 Å².